The molecule has 0 fully saturated rings. The number of nitrogens with one attached hydrogen (secondary N) is 1. The summed E-state index contributed by atoms with van der Waals surface area (Å²) in [6, 6.07) is 5.86. The van der Waals surface area contributed by atoms with Gasteiger partial charge in [-0.3, -0.25) is 0 Å². The molecule has 0 saturated heterocycles. The van der Waals surface area contributed by atoms with Crippen molar-refractivity contribution in [1.29, 1.82) is 0 Å². The molecule has 0 spiro atoms. The minimum atomic E-state index is -2.93. The van der Waals surface area contributed by atoms with Gasteiger partial charge >= 0.3 is 0 Å². The monoisotopic (exact) mass is 301 g/mol. The number of likely N-dealkylation sites (N-methyl/N-ethyl adjacent to an activating group) is 1. The van der Waals surface area contributed by atoms with Crippen LogP contribution < -0.4 is 14.8 Å². The molecule has 0 amide bonds. The first-order chi connectivity index (χ1) is 9.39. The van der Waals surface area contributed by atoms with Crippen LogP contribution in [-0.2, 0) is 16.3 Å². The van der Waals surface area contributed by atoms with Crippen molar-refractivity contribution in [2.45, 2.75) is 18.9 Å². The van der Waals surface area contributed by atoms with E-state index in [9.17, 15) is 8.42 Å². The molecule has 1 aromatic carbocycles. The zero-order valence-electron chi connectivity index (χ0n) is 12.5. The highest BCUT2D eigenvalue weighted by Crippen LogP contribution is 2.28. The van der Waals surface area contributed by atoms with Crippen LogP contribution in [0, 0.1) is 0 Å². The van der Waals surface area contributed by atoms with Crippen LogP contribution in [0.2, 0.25) is 0 Å². The van der Waals surface area contributed by atoms with E-state index in [-0.39, 0.29) is 11.8 Å². The van der Waals surface area contributed by atoms with Crippen molar-refractivity contribution < 1.29 is 17.9 Å². The highest BCUT2D eigenvalue weighted by molar-refractivity contribution is 7.90. The van der Waals surface area contributed by atoms with Crippen LogP contribution in [0.25, 0.3) is 0 Å². The van der Waals surface area contributed by atoms with Gasteiger partial charge < -0.3 is 14.8 Å². The van der Waals surface area contributed by atoms with E-state index < -0.39 is 9.84 Å². The first-order valence-corrected chi connectivity index (χ1v) is 8.51. The molecule has 0 radical (unpaired) electrons. The molecular formula is C14H23NO4S. The molecule has 1 atom stereocenters. The van der Waals surface area contributed by atoms with Gasteiger partial charge in [0.2, 0.25) is 0 Å². The maximum atomic E-state index is 11.2. The molecule has 0 aliphatic rings. The maximum absolute atomic E-state index is 11.2. The Labute approximate surface area is 121 Å². The van der Waals surface area contributed by atoms with Crippen molar-refractivity contribution in [3.05, 3.63) is 23.8 Å². The topological polar surface area (TPSA) is 64.6 Å². The fourth-order valence-electron chi connectivity index (χ4n) is 2.00. The van der Waals surface area contributed by atoms with Crippen LogP contribution in [0.3, 0.4) is 0 Å². The predicted octanol–water partition coefficient (Wildman–Crippen LogP) is 1.27. The molecule has 0 aliphatic heterocycles. The lowest BCUT2D eigenvalue weighted by atomic mass is 10.0. The van der Waals surface area contributed by atoms with Gasteiger partial charge in [0, 0.05) is 12.3 Å². The van der Waals surface area contributed by atoms with Crippen molar-refractivity contribution in [2.24, 2.45) is 0 Å². The van der Waals surface area contributed by atoms with Gasteiger partial charge in [-0.1, -0.05) is 6.07 Å². The van der Waals surface area contributed by atoms with E-state index in [4.69, 9.17) is 9.47 Å². The Morgan fingerprint density at radius 2 is 1.85 bits per heavy atom. The molecule has 1 N–H and O–H groups in total. The van der Waals surface area contributed by atoms with Crippen molar-refractivity contribution in [2.75, 3.05) is 33.3 Å². The molecule has 1 aromatic rings. The minimum Gasteiger partial charge on any atom is -0.493 e. The van der Waals surface area contributed by atoms with Gasteiger partial charge in [0.15, 0.2) is 11.5 Å². The fourth-order valence-corrected chi connectivity index (χ4v) is 2.71. The molecule has 0 aromatic heterocycles. The number of hydrogen-bond acceptors (Lipinski definition) is 5. The molecule has 6 heteroatoms. The molecule has 1 unspecified atom stereocenters. The highest BCUT2D eigenvalue weighted by atomic mass is 32.2. The molecular weight excluding hydrogens is 278 g/mol. The number of methoxy groups -OCH3 is 2. The number of ether oxygens (including phenoxy) is 2. The summed E-state index contributed by atoms with van der Waals surface area (Å²) in [6.45, 7) is 0. The van der Waals surface area contributed by atoms with Crippen LogP contribution in [0.15, 0.2) is 18.2 Å². The Morgan fingerprint density at radius 3 is 2.35 bits per heavy atom. The summed E-state index contributed by atoms with van der Waals surface area (Å²) in [5.74, 6) is 1.56. The Hall–Kier alpha value is -1.27. The van der Waals surface area contributed by atoms with Crippen molar-refractivity contribution in [3.8, 4) is 11.5 Å². The quantitative estimate of drug-likeness (QED) is 0.783. The minimum absolute atomic E-state index is 0.114. The molecule has 0 heterocycles. The van der Waals surface area contributed by atoms with Crippen molar-refractivity contribution >= 4 is 9.84 Å². The Morgan fingerprint density at radius 1 is 1.20 bits per heavy atom. The number of benzene rings is 1. The van der Waals surface area contributed by atoms with Gasteiger partial charge in [-0.05, 0) is 37.6 Å². The Balaban J connectivity index is 2.74. The van der Waals surface area contributed by atoms with Crippen molar-refractivity contribution in [1.82, 2.24) is 5.32 Å². The van der Waals surface area contributed by atoms with Gasteiger partial charge in [0.25, 0.3) is 0 Å². The lowest BCUT2D eigenvalue weighted by Gasteiger charge is -2.17. The lowest BCUT2D eigenvalue weighted by Crippen LogP contribution is -2.29. The van der Waals surface area contributed by atoms with Gasteiger partial charge in [-0.15, -0.1) is 0 Å². The second-order valence-electron chi connectivity index (χ2n) is 4.80. The molecule has 20 heavy (non-hydrogen) atoms. The molecule has 0 aliphatic carbocycles. The summed E-state index contributed by atoms with van der Waals surface area (Å²) in [4.78, 5) is 0. The summed E-state index contributed by atoms with van der Waals surface area (Å²) in [5, 5.41) is 3.15. The predicted molar refractivity (Wildman–Crippen MR) is 80.4 cm³/mol. The van der Waals surface area contributed by atoms with Crippen molar-refractivity contribution in [3.63, 3.8) is 0 Å². The highest BCUT2D eigenvalue weighted by Gasteiger charge is 2.13. The van der Waals surface area contributed by atoms with E-state index in [1.165, 1.54) is 6.26 Å². The standard InChI is InChI=1S/C14H23NO4S/c1-15-12(7-8-20(4,16)17)9-11-5-6-13(18-2)14(10-11)19-3/h5-6,10,12,15H,7-9H2,1-4H3. The van der Waals surface area contributed by atoms with Gasteiger partial charge in [0.05, 0.1) is 20.0 Å². The second kappa shape index (κ2) is 7.50. The normalized spacial score (nSPS) is 13.0. The Kier molecular flexibility index (Phi) is 6.29. The lowest BCUT2D eigenvalue weighted by molar-refractivity contribution is 0.354. The number of sulfone groups is 1. The van der Waals surface area contributed by atoms with E-state index in [0.717, 1.165) is 12.0 Å². The maximum Gasteiger partial charge on any atom is 0.160 e. The summed E-state index contributed by atoms with van der Waals surface area (Å²) in [6.07, 6.45) is 2.59. The zero-order chi connectivity index (χ0) is 15.2. The van der Waals surface area contributed by atoms with Crippen LogP contribution >= 0.6 is 0 Å². The average molecular weight is 301 g/mol. The summed E-state index contributed by atoms with van der Waals surface area (Å²) in [5.41, 5.74) is 1.08. The van der Waals surface area contributed by atoms with Crippen LogP contribution in [0.4, 0.5) is 0 Å². The van der Waals surface area contributed by atoms with E-state index in [1.807, 2.05) is 25.2 Å². The number of hydrogen-bond donors (Lipinski definition) is 1. The third kappa shape index (κ3) is 5.38. The largest absolute Gasteiger partial charge is 0.493 e. The smallest absolute Gasteiger partial charge is 0.160 e. The van der Waals surface area contributed by atoms with Gasteiger partial charge in [0.1, 0.15) is 9.84 Å². The van der Waals surface area contributed by atoms with E-state index in [0.29, 0.717) is 17.9 Å². The van der Waals surface area contributed by atoms with Gasteiger partial charge in [-0.25, -0.2) is 8.42 Å². The third-order valence-corrected chi connectivity index (χ3v) is 4.15. The first-order valence-electron chi connectivity index (χ1n) is 6.45. The first kappa shape index (κ1) is 16.8. The van der Waals surface area contributed by atoms with E-state index >= 15 is 0 Å². The molecule has 114 valence electrons. The van der Waals surface area contributed by atoms with E-state index in [1.54, 1.807) is 14.2 Å². The van der Waals surface area contributed by atoms with Crippen LogP contribution in [0.5, 0.6) is 11.5 Å². The van der Waals surface area contributed by atoms with Crippen LogP contribution in [0.1, 0.15) is 12.0 Å². The van der Waals surface area contributed by atoms with E-state index in [2.05, 4.69) is 5.32 Å². The molecule has 0 bridgehead atoms. The Bertz CT molecular complexity index is 528. The molecule has 1 rings (SSSR count). The third-order valence-electron chi connectivity index (χ3n) is 3.18. The zero-order valence-corrected chi connectivity index (χ0v) is 13.3. The van der Waals surface area contributed by atoms with Gasteiger partial charge in [-0.2, -0.15) is 0 Å². The molecule has 0 saturated carbocycles. The van der Waals surface area contributed by atoms with Crippen LogP contribution in [-0.4, -0.2) is 47.7 Å². The second-order valence-corrected chi connectivity index (χ2v) is 7.06. The SMILES string of the molecule is CNC(CCS(C)(=O)=O)Cc1ccc(OC)c(OC)c1. The summed E-state index contributed by atoms with van der Waals surface area (Å²) in [7, 11) is 2.11. The number of rotatable bonds is 8. The molecule has 5 nitrogen and oxygen atoms in total. The summed E-state index contributed by atoms with van der Waals surface area (Å²) >= 11 is 0. The fraction of sp³-hybridized carbons (Fsp3) is 0.571. The summed E-state index contributed by atoms with van der Waals surface area (Å²) < 4.78 is 32.9. The average Bonchev–Trinajstić information content (AvgIpc) is 2.42.